The Balaban J connectivity index is 1.22. The fraction of sp³-hybridized carbons (Fsp3) is 0.333. The number of nitrogens with one attached hydrogen (secondary N) is 1. The van der Waals surface area contributed by atoms with Crippen LogP contribution in [-0.4, -0.2) is 20.6 Å². The van der Waals surface area contributed by atoms with E-state index in [4.69, 9.17) is 4.98 Å². The Labute approximate surface area is 206 Å². The van der Waals surface area contributed by atoms with Gasteiger partial charge in [0.05, 0.1) is 11.0 Å². The van der Waals surface area contributed by atoms with E-state index < -0.39 is 0 Å². The number of hydrogen-bond donors (Lipinski definition) is 2. The molecule has 1 fully saturated rings. The van der Waals surface area contributed by atoms with Crippen LogP contribution in [0.4, 0.5) is 5.69 Å². The Morgan fingerprint density at radius 3 is 2.46 bits per heavy atom. The molecule has 0 aliphatic heterocycles. The Morgan fingerprint density at radius 1 is 0.971 bits per heavy atom. The van der Waals surface area contributed by atoms with Crippen LogP contribution in [0.5, 0.6) is 5.75 Å². The summed E-state index contributed by atoms with van der Waals surface area (Å²) in [5, 5.41) is 13.4. The number of phenolic OH excluding ortho intramolecular Hbond substituents is 1. The van der Waals surface area contributed by atoms with Crippen molar-refractivity contribution in [2.45, 2.75) is 57.3 Å². The van der Waals surface area contributed by atoms with Crippen molar-refractivity contribution in [2.24, 2.45) is 7.05 Å². The van der Waals surface area contributed by atoms with E-state index in [0.717, 1.165) is 53.8 Å². The molecule has 0 bridgehead atoms. The summed E-state index contributed by atoms with van der Waals surface area (Å²) in [6.45, 7) is 0. The number of aromatic nitrogens is 2. The molecule has 1 amide bonds. The number of hydrogen-bond acceptors (Lipinski definition) is 3. The Hall–Kier alpha value is -3.60. The molecule has 3 aromatic carbocycles. The normalized spacial score (nSPS) is 14.7. The number of anilines is 1. The van der Waals surface area contributed by atoms with E-state index in [-0.39, 0.29) is 5.91 Å². The second kappa shape index (κ2) is 10.3. The predicted octanol–water partition coefficient (Wildman–Crippen LogP) is 6.75. The summed E-state index contributed by atoms with van der Waals surface area (Å²) in [5.74, 6) is 1.56. The van der Waals surface area contributed by atoms with Crippen molar-refractivity contribution >= 4 is 22.6 Å². The first-order valence-electron chi connectivity index (χ1n) is 12.7. The highest BCUT2D eigenvalue weighted by atomic mass is 16.3. The lowest BCUT2D eigenvalue weighted by Gasteiger charge is -2.17. The third-order valence-electron chi connectivity index (χ3n) is 7.31. The van der Waals surface area contributed by atoms with Crippen molar-refractivity contribution in [1.29, 1.82) is 0 Å². The zero-order chi connectivity index (χ0) is 24.2. The number of aryl methyl sites for hydroxylation is 3. The molecule has 180 valence electrons. The Morgan fingerprint density at radius 2 is 1.71 bits per heavy atom. The summed E-state index contributed by atoms with van der Waals surface area (Å²) in [4.78, 5) is 17.7. The number of rotatable bonds is 6. The van der Waals surface area contributed by atoms with Crippen molar-refractivity contribution in [2.75, 3.05) is 5.32 Å². The molecule has 1 saturated carbocycles. The lowest BCUT2D eigenvalue weighted by Crippen LogP contribution is -2.13. The number of phenols is 1. The molecular formula is C30H33N3O2. The molecule has 0 saturated heterocycles. The minimum Gasteiger partial charge on any atom is -0.508 e. The first kappa shape index (κ1) is 23.2. The number of para-hydroxylation sites is 2. The zero-order valence-corrected chi connectivity index (χ0v) is 20.3. The third kappa shape index (κ3) is 5.24. The van der Waals surface area contributed by atoms with Crippen LogP contribution in [0.2, 0.25) is 0 Å². The fourth-order valence-electron chi connectivity index (χ4n) is 5.25. The molecule has 35 heavy (non-hydrogen) atoms. The van der Waals surface area contributed by atoms with E-state index >= 15 is 0 Å². The molecule has 0 spiro atoms. The summed E-state index contributed by atoms with van der Waals surface area (Å²) in [6.07, 6.45) is 8.77. The van der Waals surface area contributed by atoms with Gasteiger partial charge in [0.2, 0.25) is 0 Å². The maximum absolute atomic E-state index is 12.9. The summed E-state index contributed by atoms with van der Waals surface area (Å²) in [5.41, 5.74) is 5.65. The minimum atomic E-state index is -0.146. The van der Waals surface area contributed by atoms with Gasteiger partial charge in [0.1, 0.15) is 11.6 Å². The Kier molecular flexibility index (Phi) is 6.84. The van der Waals surface area contributed by atoms with Gasteiger partial charge in [0, 0.05) is 24.7 Å². The molecule has 0 atom stereocenters. The predicted molar refractivity (Wildman–Crippen MR) is 141 cm³/mol. The largest absolute Gasteiger partial charge is 0.508 e. The number of aromatic hydroxyl groups is 1. The molecule has 5 nitrogen and oxygen atoms in total. The van der Waals surface area contributed by atoms with Gasteiger partial charge in [-0.05, 0) is 78.8 Å². The van der Waals surface area contributed by atoms with Crippen molar-refractivity contribution in [3.8, 4) is 5.75 Å². The van der Waals surface area contributed by atoms with E-state index in [1.807, 2.05) is 36.4 Å². The maximum Gasteiger partial charge on any atom is 0.255 e. The summed E-state index contributed by atoms with van der Waals surface area (Å²) < 4.78 is 2.16. The highest BCUT2D eigenvalue weighted by Gasteiger charge is 2.19. The SMILES string of the molecule is Cn1c(CCc2ccc(NC(=O)c3ccc(O)c(C4CCCCCC4)c3)cc2)nc2ccccc21. The van der Waals surface area contributed by atoms with E-state index in [1.54, 1.807) is 12.1 Å². The lowest BCUT2D eigenvalue weighted by atomic mass is 9.90. The molecule has 1 aliphatic carbocycles. The second-order valence-electron chi connectivity index (χ2n) is 9.69. The van der Waals surface area contributed by atoms with Crippen molar-refractivity contribution in [1.82, 2.24) is 9.55 Å². The van der Waals surface area contributed by atoms with Crippen LogP contribution < -0.4 is 5.32 Å². The van der Waals surface area contributed by atoms with E-state index in [1.165, 1.54) is 31.2 Å². The zero-order valence-electron chi connectivity index (χ0n) is 20.3. The first-order chi connectivity index (χ1) is 17.1. The van der Waals surface area contributed by atoms with Crippen molar-refractivity contribution in [3.05, 3.63) is 89.2 Å². The lowest BCUT2D eigenvalue weighted by molar-refractivity contribution is 0.102. The molecule has 1 aliphatic rings. The molecular weight excluding hydrogens is 434 g/mol. The van der Waals surface area contributed by atoms with E-state index in [0.29, 0.717) is 17.2 Å². The number of fused-ring (bicyclic) bond motifs is 1. The maximum atomic E-state index is 12.9. The third-order valence-corrected chi connectivity index (χ3v) is 7.31. The van der Waals surface area contributed by atoms with Gasteiger partial charge in [-0.3, -0.25) is 4.79 Å². The van der Waals surface area contributed by atoms with Crippen molar-refractivity contribution in [3.63, 3.8) is 0 Å². The minimum absolute atomic E-state index is 0.146. The number of carbonyl (C=O) groups is 1. The number of nitrogens with zero attached hydrogens (tertiary/aromatic N) is 2. The highest BCUT2D eigenvalue weighted by Crippen LogP contribution is 2.36. The van der Waals surface area contributed by atoms with Crippen LogP contribution in [0.1, 0.15) is 71.8 Å². The number of benzene rings is 3. The van der Waals surface area contributed by atoms with Crippen LogP contribution in [0.15, 0.2) is 66.7 Å². The second-order valence-corrected chi connectivity index (χ2v) is 9.69. The van der Waals surface area contributed by atoms with Gasteiger partial charge >= 0.3 is 0 Å². The summed E-state index contributed by atoms with van der Waals surface area (Å²) >= 11 is 0. The molecule has 5 heteroatoms. The van der Waals surface area contributed by atoms with Gasteiger partial charge in [-0.25, -0.2) is 4.98 Å². The van der Waals surface area contributed by atoms with Gasteiger partial charge in [0.15, 0.2) is 0 Å². The van der Waals surface area contributed by atoms with Gasteiger partial charge in [-0.2, -0.15) is 0 Å². The number of amides is 1. The van der Waals surface area contributed by atoms with Gasteiger partial charge in [0.25, 0.3) is 5.91 Å². The quantitative estimate of drug-likeness (QED) is 0.308. The average molecular weight is 468 g/mol. The summed E-state index contributed by atoms with van der Waals surface area (Å²) in [6, 6.07) is 21.5. The van der Waals surface area contributed by atoms with Crippen LogP contribution in [-0.2, 0) is 19.9 Å². The smallest absolute Gasteiger partial charge is 0.255 e. The fourth-order valence-corrected chi connectivity index (χ4v) is 5.25. The topological polar surface area (TPSA) is 67.2 Å². The summed E-state index contributed by atoms with van der Waals surface area (Å²) in [7, 11) is 2.06. The molecule has 4 aromatic rings. The van der Waals surface area contributed by atoms with Gasteiger partial charge in [-0.15, -0.1) is 0 Å². The molecule has 0 unspecified atom stereocenters. The van der Waals surface area contributed by atoms with E-state index in [9.17, 15) is 9.90 Å². The Bertz CT molecular complexity index is 1320. The highest BCUT2D eigenvalue weighted by molar-refractivity contribution is 6.04. The van der Waals surface area contributed by atoms with E-state index in [2.05, 4.69) is 35.1 Å². The number of imidazole rings is 1. The monoisotopic (exact) mass is 467 g/mol. The van der Waals surface area contributed by atoms with Crippen LogP contribution in [0, 0.1) is 0 Å². The van der Waals surface area contributed by atoms with Crippen LogP contribution in [0.3, 0.4) is 0 Å². The number of carbonyl (C=O) groups excluding carboxylic acids is 1. The first-order valence-corrected chi connectivity index (χ1v) is 12.7. The molecule has 2 N–H and O–H groups in total. The molecule has 1 aromatic heterocycles. The van der Waals surface area contributed by atoms with Crippen LogP contribution >= 0.6 is 0 Å². The molecule has 5 rings (SSSR count). The average Bonchev–Trinajstić information content (AvgIpc) is 3.03. The molecule has 1 heterocycles. The molecule has 0 radical (unpaired) electrons. The van der Waals surface area contributed by atoms with Crippen molar-refractivity contribution < 1.29 is 9.90 Å². The standard InChI is InChI=1S/C30H33N3O2/c1-33-27-11-7-6-10-26(27)32-29(33)19-14-21-12-16-24(17-13-21)31-30(35)23-15-18-28(34)25(20-23)22-8-4-2-3-5-9-22/h6-7,10-13,15-18,20,22,34H,2-5,8-9,14,19H2,1H3,(H,31,35). The van der Waals surface area contributed by atoms with Gasteiger partial charge < -0.3 is 15.0 Å². The van der Waals surface area contributed by atoms with Crippen LogP contribution in [0.25, 0.3) is 11.0 Å². The van der Waals surface area contributed by atoms with Gasteiger partial charge in [-0.1, -0.05) is 49.9 Å².